The Morgan fingerprint density at radius 3 is 2.55 bits per heavy atom. The van der Waals surface area contributed by atoms with Crippen molar-refractivity contribution in [3.8, 4) is 11.5 Å². The summed E-state index contributed by atoms with van der Waals surface area (Å²) in [6, 6.07) is 13.0. The van der Waals surface area contributed by atoms with Crippen molar-refractivity contribution < 1.29 is 9.47 Å². The van der Waals surface area contributed by atoms with Gasteiger partial charge in [-0.3, -0.25) is 0 Å². The van der Waals surface area contributed by atoms with Gasteiger partial charge >= 0.3 is 0 Å². The average molecular weight is 292 g/mol. The Kier molecular flexibility index (Phi) is 4.74. The molecule has 0 aliphatic rings. The second-order valence-corrected chi connectivity index (χ2v) is 5.26. The smallest absolute Gasteiger partial charge is 0.125 e. The number of halogens is 1. The van der Waals surface area contributed by atoms with E-state index in [-0.39, 0.29) is 6.10 Å². The van der Waals surface area contributed by atoms with E-state index in [1.165, 1.54) is 0 Å². The maximum atomic E-state index is 5.94. The van der Waals surface area contributed by atoms with Gasteiger partial charge in [0.15, 0.2) is 0 Å². The molecule has 0 amide bonds. The number of rotatable bonds is 5. The molecule has 0 atom stereocenters. The van der Waals surface area contributed by atoms with Gasteiger partial charge in [-0.1, -0.05) is 23.7 Å². The van der Waals surface area contributed by atoms with Gasteiger partial charge in [0.25, 0.3) is 0 Å². The highest BCUT2D eigenvalue weighted by Crippen LogP contribution is 2.26. The van der Waals surface area contributed by atoms with Crippen molar-refractivity contribution in [1.29, 1.82) is 0 Å². The number of benzene rings is 2. The Morgan fingerprint density at radius 1 is 1.10 bits per heavy atom. The van der Waals surface area contributed by atoms with Crippen LogP contribution in [0.15, 0.2) is 42.5 Å². The second-order valence-electron chi connectivity index (χ2n) is 4.82. The normalized spacial score (nSPS) is 10.6. The largest absolute Gasteiger partial charge is 0.491 e. The van der Waals surface area contributed by atoms with E-state index >= 15 is 0 Å². The molecule has 0 fully saturated rings. The van der Waals surface area contributed by atoms with E-state index in [0.717, 1.165) is 5.56 Å². The first-order valence-corrected chi connectivity index (χ1v) is 6.85. The fourth-order valence-corrected chi connectivity index (χ4v) is 2.02. The number of ether oxygens (including phenoxy) is 2. The van der Waals surface area contributed by atoms with Gasteiger partial charge in [-0.15, -0.1) is 0 Å². The van der Waals surface area contributed by atoms with E-state index in [1.807, 2.05) is 44.2 Å². The summed E-state index contributed by atoms with van der Waals surface area (Å²) in [5, 5.41) is 0.697. The van der Waals surface area contributed by atoms with Gasteiger partial charge in [0.05, 0.1) is 6.10 Å². The molecule has 2 aromatic rings. The number of nitrogens with two attached hydrogens (primary N) is 1. The van der Waals surface area contributed by atoms with Gasteiger partial charge in [-0.25, -0.2) is 0 Å². The maximum absolute atomic E-state index is 5.94. The number of nitrogen functional groups attached to an aromatic ring is 1. The van der Waals surface area contributed by atoms with Crippen molar-refractivity contribution in [1.82, 2.24) is 0 Å². The van der Waals surface area contributed by atoms with Gasteiger partial charge in [-0.05, 0) is 31.5 Å². The van der Waals surface area contributed by atoms with Crippen LogP contribution in [0.25, 0.3) is 0 Å². The Bertz CT molecular complexity index is 584. The monoisotopic (exact) mass is 291 g/mol. The highest BCUT2D eigenvalue weighted by Gasteiger charge is 2.04. The molecule has 4 heteroatoms. The third kappa shape index (κ3) is 4.35. The summed E-state index contributed by atoms with van der Waals surface area (Å²) < 4.78 is 11.4. The van der Waals surface area contributed by atoms with Crippen molar-refractivity contribution in [2.45, 2.75) is 26.6 Å². The molecule has 0 aliphatic carbocycles. The molecular weight excluding hydrogens is 274 g/mol. The number of hydrogen-bond acceptors (Lipinski definition) is 3. The minimum Gasteiger partial charge on any atom is -0.491 e. The lowest BCUT2D eigenvalue weighted by molar-refractivity contribution is 0.239. The Labute approximate surface area is 124 Å². The minimum absolute atomic E-state index is 0.0950. The van der Waals surface area contributed by atoms with Crippen molar-refractivity contribution in [3.63, 3.8) is 0 Å². The Balaban J connectivity index is 2.07. The fraction of sp³-hybridized carbons (Fsp3) is 0.250. The van der Waals surface area contributed by atoms with Crippen LogP contribution in [0, 0.1) is 0 Å². The number of hydrogen-bond donors (Lipinski definition) is 1. The van der Waals surface area contributed by atoms with Crippen molar-refractivity contribution >= 4 is 17.3 Å². The SMILES string of the molecule is CC(C)Oc1cc(N)cc(OCc2cccc(Cl)c2)c1. The first-order valence-electron chi connectivity index (χ1n) is 6.47. The van der Waals surface area contributed by atoms with Crippen molar-refractivity contribution in [2.24, 2.45) is 0 Å². The molecule has 0 saturated carbocycles. The summed E-state index contributed by atoms with van der Waals surface area (Å²) in [4.78, 5) is 0. The molecule has 0 aromatic heterocycles. The molecule has 2 N–H and O–H groups in total. The van der Waals surface area contributed by atoms with Crippen LogP contribution in [0.4, 0.5) is 5.69 Å². The van der Waals surface area contributed by atoms with E-state index in [0.29, 0.717) is 28.8 Å². The molecule has 0 bridgehead atoms. The van der Waals surface area contributed by atoms with Gasteiger partial charge < -0.3 is 15.2 Å². The van der Waals surface area contributed by atoms with Crippen molar-refractivity contribution in [3.05, 3.63) is 53.1 Å². The summed E-state index contributed by atoms with van der Waals surface area (Å²) in [6.07, 6.45) is 0.0950. The summed E-state index contributed by atoms with van der Waals surface area (Å²) in [6.45, 7) is 4.37. The van der Waals surface area contributed by atoms with Crippen LogP contribution in [0.1, 0.15) is 19.4 Å². The Morgan fingerprint density at radius 2 is 1.85 bits per heavy atom. The predicted molar refractivity (Wildman–Crippen MR) is 82.4 cm³/mol. The molecule has 20 heavy (non-hydrogen) atoms. The van der Waals surface area contributed by atoms with E-state index in [4.69, 9.17) is 26.8 Å². The Hall–Kier alpha value is -1.87. The summed E-state index contributed by atoms with van der Waals surface area (Å²) in [5.41, 5.74) is 7.47. The highest BCUT2D eigenvalue weighted by molar-refractivity contribution is 6.30. The van der Waals surface area contributed by atoms with Crippen LogP contribution >= 0.6 is 11.6 Å². The quantitative estimate of drug-likeness (QED) is 0.836. The zero-order valence-electron chi connectivity index (χ0n) is 11.6. The average Bonchev–Trinajstić information content (AvgIpc) is 2.35. The molecule has 0 radical (unpaired) electrons. The van der Waals surface area contributed by atoms with Gasteiger partial charge in [0.2, 0.25) is 0 Å². The van der Waals surface area contributed by atoms with Crippen LogP contribution in [-0.2, 0) is 6.61 Å². The molecule has 0 spiro atoms. The summed E-state index contributed by atoms with van der Waals surface area (Å²) in [5.74, 6) is 1.39. The van der Waals surface area contributed by atoms with Crippen molar-refractivity contribution in [2.75, 3.05) is 5.73 Å². The van der Waals surface area contributed by atoms with E-state index in [9.17, 15) is 0 Å². The lowest BCUT2D eigenvalue weighted by Crippen LogP contribution is -2.06. The van der Waals surface area contributed by atoms with Crippen LogP contribution in [0.2, 0.25) is 5.02 Å². The van der Waals surface area contributed by atoms with Gasteiger partial charge in [-0.2, -0.15) is 0 Å². The van der Waals surface area contributed by atoms with E-state index in [1.54, 1.807) is 12.1 Å². The zero-order valence-corrected chi connectivity index (χ0v) is 12.4. The van der Waals surface area contributed by atoms with Gasteiger partial charge in [0.1, 0.15) is 18.1 Å². The summed E-state index contributed by atoms with van der Waals surface area (Å²) >= 11 is 5.94. The second kappa shape index (κ2) is 6.53. The third-order valence-corrected chi connectivity index (χ3v) is 2.80. The fourth-order valence-electron chi connectivity index (χ4n) is 1.81. The molecule has 0 aliphatic heterocycles. The first kappa shape index (κ1) is 14.5. The molecule has 3 nitrogen and oxygen atoms in total. The topological polar surface area (TPSA) is 44.5 Å². The molecule has 0 heterocycles. The van der Waals surface area contributed by atoms with Crippen LogP contribution in [0.5, 0.6) is 11.5 Å². The van der Waals surface area contributed by atoms with Crippen LogP contribution in [-0.4, -0.2) is 6.10 Å². The lowest BCUT2D eigenvalue weighted by atomic mass is 10.2. The zero-order chi connectivity index (χ0) is 14.5. The van der Waals surface area contributed by atoms with Crippen LogP contribution in [0.3, 0.4) is 0 Å². The minimum atomic E-state index is 0.0950. The molecule has 0 unspecified atom stereocenters. The van der Waals surface area contributed by atoms with Gasteiger partial charge in [0, 0.05) is 28.9 Å². The van der Waals surface area contributed by atoms with Crippen LogP contribution < -0.4 is 15.2 Å². The molecular formula is C16H18ClNO2. The van der Waals surface area contributed by atoms with E-state index < -0.39 is 0 Å². The molecule has 2 aromatic carbocycles. The third-order valence-electron chi connectivity index (χ3n) is 2.57. The molecule has 0 saturated heterocycles. The van der Waals surface area contributed by atoms with E-state index in [2.05, 4.69) is 0 Å². The number of anilines is 1. The molecule has 2 rings (SSSR count). The highest BCUT2D eigenvalue weighted by atomic mass is 35.5. The molecule has 106 valence electrons. The maximum Gasteiger partial charge on any atom is 0.125 e. The standard InChI is InChI=1S/C16H18ClNO2/c1-11(2)20-16-8-14(18)7-15(9-16)19-10-12-4-3-5-13(17)6-12/h3-9,11H,10,18H2,1-2H3. The summed E-state index contributed by atoms with van der Waals surface area (Å²) in [7, 11) is 0. The lowest BCUT2D eigenvalue weighted by Gasteiger charge is -2.13. The predicted octanol–water partition coefficient (Wildman–Crippen LogP) is 4.29. The first-order chi connectivity index (χ1) is 9.52.